The van der Waals surface area contributed by atoms with Crippen LogP contribution in [0.2, 0.25) is 0 Å². The number of rotatable bonds is 6. The van der Waals surface area contributed by atoms with Gasteiger partial charge in [-0.15, -0.1) is 0 Å². The number of aliphatic hydroxyl groups is 1. The maximum Gasteiger partial charge on any atom is 0.251 e. The van der Waals surface area contributed by atoms with Crippen molar-refractivity contribution >= 4 is 11.7 Å². The molecule has 0 bridgehead atoms. The van der Waals surface area contributed by atoms with E-state index >= 15 is 0 Å². The number of carbonyl (C=O) groups is 2. The lowest BCUT2D eigenvalue weighted by atomic mass is 9.87. The maximum absolute atomic E-state index is 12.0. The van der Waals surface area contributed by atoms with Crippen molar-refractivity contribution in [2.75, 3.05) is 6.54 Å². The minimum absolute atomic E-state index is 0.0185. The van der Waals surface area contributed by atoms with Crippen LogP contribution in [-0.2, 0) is 0 Å². The van der Waals surface area contributed by atoms with Crippen LogP contribution in [0, 0.1) is 5.41 Å². The second-order valence-corrected chi connectivity index (χ2v) is 6.03. The molecule has 20 heavy (non-hydrogen) atoms. The van der Waals surface area contributed by atoms with Gasteiger partial charge in [0.15, 0.2) is 5.78 Å². The number of carbonyl (C=O) groups excluding carboxylic acids is 2. The van der Waals surface area contributed by atoms with E-state index in [1.807, 2.05) is 13.8 Å². The lowest BCUT2D eigenvalue weighted by molar-refractivity contribution is 0.0901. The molecule has 0 radical (unpaired) electrons. The normalized spacial score (nSPS) is 12.8. The van der Waals surface area contributed by atoms with Gasteiger partial charge in [0.05, 0.1) is 6.10 Å². The number of nitrogens with one attached hydrogen (secondary N) is 1. The largest absolute Gasteiger partial charge is 0.393 e. The molecule has 0 saturated heterocycles. The lowest BCUT2D eigenvalue weighted by Crippen LogP contribution is -2.35. The quantitative estimate of drug-likeness (QED) is 0.785. The van der Waals surface area contributed by atoms with Gasteiger partial charge in [0, 0.05) is 17.7 Å². The van der Waals surface area contributed by atoms with Crippen LogP contribution in [0.4, 0.5) is 0 Å². The zero-order chi connectivity index (χ0) is 15.3. The molecular weight excluding hydrogens is 254 g/mol. The number of hydrogen-bond donors (Lipinski definition) is 2. The highest BCUT2D eigenvalue weighted by atomic mass is 16.3. The third-order valence-electron chi connectivity index (χ3n) is 3.13. The van der Waals surface area contributed by atoms with Crippen molar-refractivity contribution in [3.8, 4) is 0 Å². The topological polar surface area (TPSA) is 66.4 Å². The van der Waals surface area contributed by atoms with Crippen LogP contribution in [0.1, 0.15) is 54.8 Å². The van der Waals surface area contributed by atoms with Gasteiger partial charge in [0.2, 0.25) is 0 Å². The Morgan fingerprint density at radius 2 is 1.70 bits per heavy atom. The molecule has 1 aromatic rings. The Hall–Kier alpha value is -1.68. The zero-order valence-corrected chi connectivity index (χ0v) is 12.6. The smallest absolute Gasteiger partial charge is 0.251 e. The summed E-state index contributed by atoms with van der Waals surface area (Å²) < 4.78 is 0. The first-order valence-corrected chi connectivity index (χ1v) is 6.78. The molecule has 1 atom stereocenters. The van der Waals surface area contributed by atoms with E-state index in [0.717, 1.165) is 0 Å². The van der Waals surface area contributed by atoms with Crippen LogP contribution in [0.25, 0.3) is 0 Å². The average Bonchev–Trinajstić information content (AvgIpc) is 2.34. The predicted molar refractivity (Wildman–Crippen MR) is 78.9 cm³/mol. The summed E-state index contributed by atoms with van der Waals surface area (Å²) in [6.07, 6.45) is 0.230. The first-order valence-electron chi connectivity index (χ1n) is 6.78. The standard InChI is InChI=1S/C16H23NO3/c1-11(18)9-16(3,4)10-17-15(20)14-7-5-13(6-8-14)12(2)19/h5-8,11,18H,9-10H2,1-4H3,(H,17,20). The summed E-state index contributed by atoms with van der Waals surface area (Å²) in [7, 11) is 0. The second kappa shape index (κ2) is 6.66. The van der Waals surface area contributed by atoms with E-state index in [-0.39, 0.29) is 17.1 Å². The summed E-state index contributed by atoms with van der Waals surface area (Å²) in [4.78, 5) is 23.2. The van der Waals surface area contributed by atoms with Crippen molar-refractivity contribution < 1.29 is 14.7 Å². The van der Waals surface area contributed by atoms with Gasteiger partial charge in [-0.3, -0.25) is 9.59 Å². The van der Waals surface area contributed by atoms with Crippen molar-refractivity contribution in [3.05, 3.63) is 35.4 Å². The van der Waals surface area contributed by atoms with Crippen LogP contribution in [0.3, 0.4) is 0 Å². The number of ketones is 1. The Kier molecular flexibility index (Phi) is 5.45. The Bertz CT molecular complexity index is 475. The number of hydrogen-bond acceptors (Lipinski definition) is 3. The predicted octanol–water partition coefficient (Wildman–Crippen LogP) is 2.42. The van der Waals surface area contributed by atoms with Crippen LogP contribution in [-0.4, -0.2) is 29.4 Å². The van der Waals surface area contributed by atoms with Gasteiger partial charge >= 0.3 is 0 Å². The summed E-state index contributed by atoms with van der Waals surface area (Å²) in [6, 6.07) is 6.60. The van der Waals surface area contributed by atoms with Crippen LogP contribution >= 0.6 is 0 Å². The molecule has 4 heteroatoms. The van der Waals surface area contributed by atoms with Crippen molar-refractivity contribution in [1.29, 1.82) is 0 Å². The molecule has 1 aromatic carbocycles. The molecular formula is C16H23NO3. The molecule has 110 valence electrons. The fourth-order valence-corrected chi connectivity index (χ4v) is 2.15. The highest BCUT2D eigenvalue weighted by Crippen LogP contribution is 2.21. The maximum atomic E-state index is 12.0. The van der Waals surface area contributed by atoms with Gasteiger partial charge in [-0.05, 0) is 37.8 Å². The molecule has 0 aliphatic heterocycles. The third-order valence-corrected chi connectivity index (χ3v) is 3.13. The molecule has 1 amide bonds. The summed E-state index contributed by atoms with van der Waals surface area (Å²) in [5.41, 5.74) is 0.960. The van der Waals surface area contributed by atoms with E-state index in [1.54, 1.807) is 31.2 Å². The van der Waals surface area contributed by atoms with Gasteiger partial charge in [-0.1, -0.05) is 26.0 Å². The number of aliphatic hydroxyl groups excluding tert-OH is 1. The highest BCUT2D eigenvalue weighted by molar-refractivity contribution is 5.97. The minimum atomic E-state index is -0.392. The van der Waals surface area contributed by atoms with Crippen molar-refractivity contribution in [3.63, 3.8) is 0 Å². The summed E-state index contributed by atoms with van der Waals surface area (Å²) in [6.45, 7) is 7.72. The first kappa shape index (κ1) is 16.4. The van der Waals surface area contributed by atoms with Crippen LogP contribution < -0.4 is 5.32 Å². The Labute approximate surface area is 120 Å². The number of Topliss-reactive ketones (excluding diaryl/α,β-unsaturated/α-hetero) is 1. The monoisotopic (exact) mass is 277 g/mol. The third kappa shape index (κ3) is 5.13. The Morgan fingerprint density at radius 1 is 1.20 bits per heavy atom. The second-order valence-electron chi connectivity index (χ2n) is 6.03. The molecule has 1 unspecified atom stereocenters. The first-order chi connectivity index (χ1) is 9.21. The Morgan fingerprint density at radius 3 is 2.15 bits per heavy atom. The van der Waals surface area contributed by atoms with Crippen molar-refractivity contribution in [1.82, 2.24) is 5.32 Å². The molecule has 2 N–H and O–H groups in total. The van der Waals surface area contributed by atoms with Crippen molar-refractivity contribution in [2.24, 2.45) is 5.41 Å². The number of amides is 1. The van der Waals surface area contributed by atoms with Gasteiger partial charge in [0.25, 0.3) is 5.91 Å². The molecule has 4 nitrogen and oxygen atoms in total. The number of benzene rings is 1. The van der Waals surface area contributed by atoms with E-state index in [0.29, 0.717) is 24.1 Å². The fraction of sp³-hybridized carbons (Fsp3) is 0.500. The lowest BCUT2D eigenvalue weighted by Gasteiger charge is -2.26. The van der Waals surface area contributed by atoms with Gasteiger partial charge in [-0.2, -0.15) is 0 Å². The fourth-order valence-electron chi connectivity index (χ4n) is 2.15. The van der Waals surface area contributed by atoms with Crippen LogP contribution in [0.5, 0.6) is 0 Å². The van der Waals surface area contributed by atoms with Gasteiger partial charge in [0.1, 0.15) is 0 Å². The molecule has 0 saturated carbocycles. The Balaban J connectivity index is 2.61. The van der Waals surface area contributed by atoms with E-state index in [1.165, 1.54) is 6.92 Å². The summed E-state index contributed by atoms with van der Waals surface area (Å²) in [5, 5.41) is 12.3. The average molecular weight is 277 g/mol. The highest BCUT2D eigenvalue weighted by Gasteiger charge is 2.21. The summed E-state index contributed by atoms with van der Waals surface area (Å²) in [5.74, 6) is -0.186. The molecule has 0 spiro atoms. The van der Waals surface area contributed by atoms with Crippen molar-refractivity contribution in [2.45, 2.75) is 40.2 Å². The van der Waals surface area contributed by atoms with E-state index in [4.69, 9.17) is 0 Å². The molecule has 0 fully saturated rings. The molecule has 0 aliphatic rings. The zero-order valence-electron chi connectivity index (χ0n) is 12.6. The molecule has 0 aliphatic carbocycles. The van der Waals surface area contributed by atoms with E-state index < -0.39 is 6.10 Å². The van der Waals surface area contributed by atoms with Crippen LogP contribution in [0.15, 0.2) is 24.3 Å². The molecule has 0 aromatic heterocycles. The summed E-state index contributed by atoms with van der Waals surface area (Å²) >= 11 is 0. The van der Waals surface area contributed by atoms with E-state index in [9.17, 15) is 14.7 Å². The van der Waals surface area contributed by atoms with Gasteiger partial charge in [-0.25, -0.2) is 0 Å². The minimum Gasteiger partial charge on any atom is -0.393 e. The molecule has 0 heterocycles. The SMILES string of the molecule is CC(=O)c1ccc(C(=O)NCC(C)(C)CC(C)O)cc1. The molecule has 1 rings (SSSR count). The van der Waals surface area contributed by atoms with Gasteiger partial charge < -0.3 is 10.4 Å². The van der Waals surface area contributed by atoms with E-state index in [2.05, 4.69) is 5.32 Å².